The number of carbonyl (C=O) groups excluding carboxylic acids is 2. The first kappa shape index (κ1) is 23.1. The minimum absolute atomic E-state index is 0.0357. The van der Waals surface area contributed by atoms with Crippen LogP contribution in [0.4, 0.5) is 10.6 Å². The molecule has 0 aliphatic heterocycles. The van der Waals surface area contributed by atoms with E-state index in [9.17, 15) is 9.59 Å². The fraction of sp³-hybridized carbons (Fsp3) is 0.320. The molecule has 0 saturated heterocycles. The van der Waals surface area contributed by atoms with Crippen LogP contribution in [0.15, 0.2) is 54.6 Å². The number of aryl methyl sites for hydroxylation is 2. The van der Waals surface area contributed by atoms with Crippen LogP contribution in [0.25, 0.3) is 16.8 Å². The maximum atomic E-state index is 13.1. The molecular weight excluding hydrogens is 402 g/mol. The Labute approximate surface area is 189 Å². The predicted molar refractivity (Wildman–Crippen MR) is 128 cm³/mol. The molecule has 2 N–H and O–H groups in total. The van der Waals surface area contributed by atoms with Crippen LogP contribution in [0.5, 0.6) is 0 Å². The van der Waals surface area contributed by atoms with Crippen molar-refractivity contribution in [3.63, 3.8) is 0 Å². The summed E-state index contributed by atoms with van der Waals surface area (Å²) in [6, 6.07) is 17.6. The van der Waals surface area contributed by atoms with Crippen LogP contribution in [0.2, 0.25) is 0 Å². The maximum Gasteiger partial charge on any atom is 0.317 e. The van der Waals surface area contributed by atoms with Gasteiger partial charge in [0.15, 0.2) is 0 Å². The third-order valence-corrected chi connectivity index (χ3v) is 5.10. The van der Waals surface area contributed by atoms with Gasteiger partial charge in [0.25, 0.3) is 0 Å². The molecule has 3 aromatic rings. The van der Waals surface area contributed by atoms with E-state index in [0.717, 1.165) is 34.5 Å². The van der Waals surface area contributed by atoms with E-state index in [1.807, 2.05) is 82.3 Å². The fourth-order valence-corrected chi connectivity index (χ4v) is 3.60. The van der Waals surface area contributed by atoms with E-state index >= 15 is 0 Å². The summed E-state index contributed by atoms with van der Waals surface area (Å²) in [7, 11) is 0. The van der Waals surface area contributed by atoms with Crippen LogP contribution < -0.4 is 10.6 Å². The van der Waals surface area contributed by atoms with Crippen LogP contribution in [0.1, 0.15) is 31.5 Å². The Morgan fingerprint density at radius 1 is 1.00 bits per heavy atom. The van der Waals surface area contributed by atoms with Gasteiger partial charge in [-0.2, -0.15) is 5.10 Å². The summed E-state index contributed by atoms with van der Waals surface area (Å²) < 4.78 is 1.76. The topological polar surface area (TPSA) is 79.3 Å². The lowest BCUT2D eigenvalue weighted by Crippen LogP contribution is -2.44. The van der Waals surface area contributed by atoms with Crippen molar-refractivity contribution < 1.29 is 9.59 Å². The molecular formula is C25H31N5O2. The van der Waals surface area contributed by atoms with Crippen LogP contribution in [0, 0.1) is 13.8 Å². The molecule has 0 atom stereocenters. The molecule has 2 aromatic carbocycles. The highest BCUT2D eigenvalue weighted by atomic mass is 16.2. The molecule has 0 aliphatic carbocycles. The zero-order valence-corrected chi connectivity index (χ0v) is 19.2. The molecule has 0 unspecified atom stereocenters. The first-order valence-corrected chi connectivity index (χ1v) is 11.0. The smallest absolute Gasteiger partial charge is 0.317 e. The zero-order chi connectivity index (χ0) is 23.1. The van der Waals surface area contributed by atoms with E-state index in [0.29, 0.717) is 18.9 Å². The lowest BCUT2D eigenvalue weighted by atomic mass is 10.1. The Morgan fingerprint density at radius 2 is 1.69 bits per heavy atom. The maximum absolute atomic E-state index is 13.1. The molecule has 1 aromatic heterocycles. The number of urea groups is 1. The molecule has 1 heterocycles. The summed E-state index contributed by atoms with van der Waals surface area (Å²) >= 11 is 0. The number of rotatable bonds is 8. The molecule has 7 heteroatoms. The summed E-state index contributed by atoms with van der Waals surface area (Å²) in [5.74, 6) is 0.324. The number of anilines is 1. The SMILES string of the molecule is CCCN(CC(=O)Nc1c(-c2ccccc2)c(C)nn1-c1ccc(C)cc1)C(=O)NCC. The second-order valence-corrected chi connectivity index (χ2v) is 7.73. The summed E-state index contributed by atoms with van der Waals surface area (Å²) in [6.45, 7) is 8.77. The van der Waals surface area contributed by atoms with Crippen LogP contribution in [-0.4, -0.2) is 46.3 Å². The number of carbonyl (C=O) groups is 2. The van der Waals surface area contributed by atoms with Crippen molar-refractivity contribution >= 4 is 17.8 Å². The molecule has 168 valence electrons. The first-order valence-electron chi connectivity index (χ1n) is 11.0. The monoisotopic (exact) mass is 433 g/mol. The van der Waals surface area contributed by atoms with E-state index in [2.05, 4.69) is 10.6 Å². The second kappa shape index (κ2) is 10.6. The van der Waals surface area contributed by atoms with Gasteiger partial charge < -0.3 is 15.5 Å². The van der Waals surface area contributed by atoms with Crippen LogP contribution in [0.3, 0.4) is 0 Å². The normalized spacial score (nSPS) is 10.6. The van der Waals surface area contributed by atoms with Crippen molar-refractivity contribution in [2.45, 2.75) is 34.1 Å². The molecule has 0 fully saturated rings. The number of nitrogens with zero attached hydrogens (tertiary/aromatic N) is 3. The van der Waals surface area contributed by atoms with Gasteiger partial charge in [0.05, 0.1) is 11.4 Å². The van der Waals surface area contributed by atoms with Crippen LogP contribution in [-0.2, 0) is 4.79 Å². The van der Waals surface area contributed by atoms with Gasteiger partial charge in [-0.05, 0) is 44.9 Å². The van der Waals surface area contributed by atoms with Gasteiger partial charge in [-0.25, -0.2) is 9.48 Å². The van der Waals surface area contributed by atoms with E-state index in [-0.39, 0.29) is 18.5 Å². The summed E-state index contributed by atoms with van der Waals surface area (Å²) in [4.78, 5) is 26.9. The van der Waals surface area contributed by atoms with Gasteiger partial charge in [-0.15, -0.1) is 0 Å². The Kier molecular flexibility index (Phi) is 7.65. The largest absolute Gasteiger partial charge is 0.338 e. The molecule has 0 radical (unpaired) electrons. The average Bonchev–Trinajstić information content (AvgIpc) is 3.10. The standard InChI is InChI=1S/C25H31N5O2/c1-5-16-29(25(32)26-6-2)17-22(31)27-24-23(20-10-8-7-9-11-20)19(4)28-30(24)21-14-12-18(3)13-15-21/h7-15H,5-6,16-17H2,1-4H3,(H,26,32)(H,27,31). The van der Waals surface area contributed by atoms with Gasteiger partial charge in [-0.3, -0.25) is 4.79 Å². The van der Waals surface area contributed by atoms with Crippen molar-refractivity contribution in [2.75, 3.05) is 25.0 Å². The molecule has 0 saturated carbocycles. The van der Waals surface area contributed by atoms with Crippen molar-refractivity contribution in [3.8, 4) is 16.8 Å². The fourth-order valence-electron chi connectivity index (χ4n) is 3.60. The van der Waals surface area contributed by atoms with E-state index < -0.39 is 0 Å². The number of aromatic nitrogens is 2. The Balaban J connectivity index is 1.98. The summed E-state index contributed by atoms with van der Waals surface area (Å²) in [6.07, 6.45) is 0.764. The Hall–Kier alpha value is -3.61. The van der Waals surface area contributed by atoms with Gasteiger partial charge in [-0.1, -0.05) is 55.0 Å². The molecule has 0 bridgehead atoms. The average molecular weight is 434 g/mol. The summed E-state index contributed by atoms with van der Waals surface area (Å²) in [5.41, 5.74) is 4.63. The van der Waals surface area contributed by atoms with Crippen LogP contribution >= 0.6 is 0 Å². The molecule has 0 aliphatic rings. The number of hydrogen-bond acceptors (Lipinski definition) is 3. The Bertz CT molecular complexity index is 1060. The minimum atomic E-state index is -0.268. The Morgan fingerprint density at radius 3 is 2.31 bits per heavy atom. The number of amides is 3. The lowest BCUT2D eigenvalue weighted by molar-refractivity contribution is -0.116. The molecule has 3 amide bonds. The van der Waals surface area contributed by atoms with Crippen molar-refractivity contribution in [1.82, 2.24) is 20.0 Å². The third kappa shape index (κ3) is 5.35. The van der Waals surface area contributed by atoms with Gasteiger partial charge in [0, 0.05) is 18.7 Å². The van der Waals surface area contributed by atoms with E-state index in [1.54, 1.807) is 4.68 Å². The molecule has 7 nitrogen and oxygen atoms in total. The highest BCUT2D eigenvalue weighted by Crippen LogP contribution is 2.33. The van der Waals surface area contributed by atoms with Gasteiger partial charge >= 0.3 is 6.03 Å². The highest BCUT2D eigenvalue weighted by molar-refractivity contribution is 5.97. The summed E-state index contributed by atoms with van der Waals surface area (Å²) in [5, 5.41) is 10.5. The molecule has 0 spiro atoms. The first-order chi connectivity index (χ1) is 15.4. The van der Waals surface area contributed by atoms with E-state index in [4.69, 9.17) is 5.10 Å². The lowest BCUT2D eigenvalue weighted by Gasteiger charge is -2.22. The predicted octanol–water partition coefficient (Wildman–Crippen LogP) is 4.54. The number of hydrogen-bond donors (Lipinski definition) is 2. The van der Waals surface area contributed by atoms with Crippen molar-refractivity contribution in [3.05, 3.63) is 65.9 Å². The number of benzene rings is 2. The van der Waals surface area contributed by atoms with Crippen molar-refractivity contribution in [2.24, 2.45) is 0 Å². The molecule has 3 rings (SSSR count). The van der Waals surface area contributed by atoms with Gasteiger partial charge in [0.1, 0.15) is 12.4 Å². The number of nitrogens with one attached hydrogen (secondary N) is 2. The zero-order valence-electron chi connectivity index (χ0n) is 19.2. The molecule has 32 heavy (non-hydrogen) atoms. The highest BCUT2D eigenvalue weighted by Gasteiger charge is 2.22. The van der Waals surface area contributed by atoms with E-state index in [1.165, 1.54) is 4.90 Å². The second-order valence-electron chi connectivity index (χ2n) is 7.73. The van der Waals surface area contributed by atoms with Gasteiger partial charge in [0.2, 0.25) is 5.91 Å². The third-order valence-electron chi connectivity index (χ3n) is 5.10. The quantitative estimate of drug-likeness (QED) is 0.548. The minimum Gasteiger partial charge on any atom is -0.338 e. The van der Waals surface area contributed by atoms with Crippen molar-refractivity contribution in [1.29, 1.82) is 0 Å².